The van der Waals surface area contributed by atoms with E-state index in [-0.39, 0.29) is 11.3 Å². The van der Waals surface area contributed by atoms with Gasteiger partial charge in [0.25, 0.3) is 11.6 Å². The lowest BCUT2D eigenvalue weighted by Gasteiger charge is -2.17. The Hall–Kier alpha value is -2.65. The normalized spacial score (nSPS) is 11.8. The number of ether oxygens (including phenoxy) is 2. The topological polar surface area (TPSA) is 90.7 Å². The third-order valence-corrected chi connectivity index (χ3v) is 4.28. The number of nitro benzene ring substituents is 1. The fourth-order valence-electron chi connectivity index (χ4n) is 2.43. The lowest BCUT2D eigenvalue weighted by molar-refractivity contribution is -0.385. The first-order chi connectivity index (χ1) is 13.1. The van der Waals surface area contributed by atoms with E-state index in [0.717, 1.165) is 13.2 Å². The van der Waals surface area contributed by atoms with Crippen LogP contribution in [-0.2, 0) is 0 Å². The summed E-state index contributed by atoms with van der Waals surface area (Å²) in [5, 5.41) is 14.6. The number of nitrogens with one attached hydrogen (secondary N) is 1. The largest absolute Gasteiger partial charge is 0.493 e. The van der Waals surface area contributed by atoms with Gasteiger partial charge in [-0.05, 0) is 24.6 Å². The molecule has 150 valence electrons. The second kappa shape index (κ2) is 9.03. The van der Waals surface area contributed by atoms with E-state index in [4.69, 9.17) is 27.9 Å². The van der Waals surface area contributed by atoms with Crippen molar-refractivity contribution < 1.29 is 28.0 Å². The molecule has 2 rings (SSSR count). The summed E-state index contributed by atoms with van der Waals surface area (Å²) in [5.41, 5.74) is -0.574. The number of nitro groups is 1. The van der Waals surface area contributed by atoms with E-state index in [1.807, 2.05) is 0 Å². The number of carbonyl (C=O) groups is 1. The van der Waals surface area contributed by atoms with Crippen molar-refractivity contribution >= 4 is 34.8 Å². The van der Waals surface area contributed by atoms with Crippen molar-refractivity contribution in [3.05, 3.63) is 61.6 Å². The van der Waals surface area contributed by atoms with Crippen LogP contribution < -0.4 is 14.8 Å². The fourth-order valence-corrected chi connectivity index (χ4v) is 3.01. The van der Waals surface area contributed by atoms with Crippen LogP contribution in [0, 0.1) is 10.1 Å². The average molecular weight is 435 g/mol. The Morgan fingerprint density at radius 1 is 1.21 bits per heavy atom. The van der Waals surface area contributed by atoms with Gasteiger partial charge in [0.05, 0.1) is 24.1 Å². The number of amides is 1. The molecule has 0 spiro atoms. The lowest BCUT2D eigenvalue weighted by atomic mass is 10.1. The first-order valence-corrected chi connectivity index (χ1v) is 8.46. The van der Waals surface area contributed by atoms with Crippen LogP contribution in [0.1, 0.15) is 28.9 Å². The summed E-state index contributed by atoms with van der Waals surface area (Å²) >= 11 is 11.9. The monoisotopic (exact) mass is 434 g/mol. The molecule has 0 saturated heterocycles. The Balaban J connectivity index is 2.39. The molecule has 1 N–H and O–H groups in total. The van der Waals surface area contributed by atoms with Crippen LogP contribution in [0.3, 0.4) is 0 Å². The number of alkyl halides is 2. The molecule has 0 radical (unpaired) electrons. The Kier molecular flexibility index (Phi) is 6.98. The average Bonchev–Trinajstić information content (AvgIpc) is 2.60. The van der Waals surface area contributed by atoms with Crippen molar-refractivity contribution in [1.82, 2.24) is 5.32 Å². The van der Waals surface area contributed by atoms with Crippen molar-refractivity contribution in [2.45, 2.75) is 19.6 Å². The van der Waals surface area contributed by atoms with E-state index < -0.39 is 34.9 Å². The third-order valence-electron chi connectivity index (χ3n) is 3.72. The number of halogens is 4. The van der Waals surface area contributed by atoms with Crippen LogP contribution in [0.2, 0.25) is 10.0 Å². The Labute approximate surface area is 168 Å². The molecule has 0 aromatic heterocycles. The summed E-state index contributed by atoms with van der Waals surface area (Å²) in [4.78, 5) is 23.0. The Bertz CT molecular complexity index is 911. The first kappa shape index (κ1) is 21.6. The summed E-state index contributed by atoms with van der Waals surface area (Å²) in [6.07, 6.45) is 0. The van der Waals surface area contributed by atoms with Crippen molar-refractivity contribution in [3.63, 3.8) is 0 Å². The molecule has 7 nitrogen and oxygen atoms in total. The minimum Gasteiger partial charge on any atom is -0.493 e. The molecule has 1 atom stereocenters. The van der Waals surface area contributed by atoms with Gasteiger partial charge in [-0.25, -0.2) is 0 Å². The molecule has 2 aromatic carbocycles. The highest BCUT2D eigenvalue weighted by molar-refractivity contribution is 6.35. The number of rotatable bonds is 7. The molecular formula is C17H14Cl2F2N2O5. The second-order valence-electron chi connectivity index (χ2n) is 5.52. The fraction of sp³-hybridized carbons (Fsp3) is 0.235. The zero-order valence-corrected chi connectivity index (χ0v) is 16.1. The molecule has 0 aliphatic rings. The van der Waals surface area contributed by atoms with Gasteiger partial charge in [-0.3, -0.25) is 14.9 Å². The minimum atomic E-state index is -3.22. The van der Waals surface area contributed by atoms with Gasteiger partial charge in [-0.15, -0.1) is 0 Å². The summed E-state index contributed by atoms with van der Waals surface area (Å²) < 4.78 is 34.1. The molecule has 0 fully saturated rings. The summed E-state index contributed by atoms with van der Waals surface area (Å²) in [6.45, 7) is -1.61. The van der Waals surface area contributed by atoms with Crippen LogP contribution in [0.5, 0.6) is 11.5 Å². The van der Waals surface area contributed by atoms with E-state index >= 15 is 0 Å². The number of methoxy groups -OCH3 is 1. The van der Waals surface area contributed by atoms with Crippen molar-refractivity contribution in [1.29, 1.82) is 0 Å². The molecule has 0 aliphatic carbocycles. The van der Waals surface area contributed by atoms with E-state index in [9.17, 15) is 23.7 Å². The van der Waals surface area contributed by atoms with E-state index in [1.165, 1.54) is 6.07 Å². The molecule has 0 heterocycles. The van der Waals surface area contributed by atoms with Gasteiger partial charge >= 0.3 is 6.61 Å². The predicted molar refractivity (Wildman–Crippen MR) is 98.6 cm³/mol. The Morgan fingerprint density at radius 3 is 2.43 bits per heavy atom. The zero-order valence-electron chi connectivity index (χ0n) is 14.5. The summed E-state index contributed by atoms with van der Waals surface area (Å²) in [7, 11) is 1.15. The van der Waals surface area contributed by atoms with Crippen molar-refractivity contribution in [2.24, 2.45) is 0 Å². The maximum absolute atomic E-state index is 12.6. The highest BCUT2D eigenvalue weighted by Crippen LogP contribution is 2.36. The minimum absolute atomic E-state index is 0.256. The third kappa shape index (κ3) is 4.99. The number of hydrogen-bond donors (Lipinski definition) is 1. The lowest BCUT2D eigenvalue weighted by Crippen LogP contribution is -2.27. The van der Waals surface area contributed by atoms with Crippen LogP contribution in [0.4, 0.5) is 14.5 Å². The summed E-state index contributed by atoms with van der Waals surface area (Å²) in [5.74, 6) is -1.64. The highest BCUT2D eigenvalue weighted by atomic mass is 35.5. The second-order valence-corrected chi connectivity index (χ2v) is 6.36. The SMILES string of the molecule is COc1cc(C(=O)NC(C)c2ccc(Cl)cc2Cl)c([N+](=O)[O-])cc1OC(F)F. The van der Waals surface area contributed by atoms with Gasteiger partial charge < -0.3 is 14.8 Å². The highest BCUT2D eigenvalue weighted by Gasteiger charge is 2.27. The smallest absolute Gasteiger partial charge is 0.387 e. The molecule has 0 bridgehead atoms. The molecular weight excluding hydrogens is 421 g/mol. The standard InChI is InChI=1S/C17H14Cl2F2N2O5/c1-8(10-4-3-9(18)5-12(10)19)22-16(24)11-6-14(27-2)15(28-17(20)21)7-13(11)23(25)26/h3-8,17H,1-2H3,(H,22,24). The van der Waals surface area contributed by atoms with Crippen LogP contribution >= 0.6 is 23.2 Å². The molecule has 28 heavy (non-hydrogen) atoms. The molecule has 1 unspecified atom stereocenters. The Morgan fingerprint density at radius 2 is 1.89 bits per heavy atom. The molecule has 2 aromatic rings. The van der Waals surface area contributed by atoms with Gasteiger partial charge in [-0.2, -0.15) is 8.78 Å². The van der Waals surface area contributed by atoms with Gasteiger partial charge in [0.1, 0.15) is 5.56 Å². The molecule has 0 aliphatic heterocycles. The van der Waals surface area contributed by atoms with E-state index in [0.29, 0.717) is 21.7 Å². The molecule has 11 heteroatoms. The molecule has 1 amide bonds. The first-order valence-electron chi connectivity index (χ1n) is 7.71. The van der Waals surface area contributed by atoms with Crippen LogP contribution in [0.15, 0.2) is 30.3 Å². The van der Waals surface area contributed by atoms with Crippen molar-refractivity contribution in [2.75, 3.05) is 7.11 Å². The number of benzene rings is 2. The number of nitrogens with zero attached hydrogens (tertiary/aromatic N) is 1. The van der Waals surface area contributed by atoms with E-state index in [1.54, 1.807) is 19.1 Å². The number of hydrogen-bond acceptors (Lipinski definition) is 5. The van der Waals surface area contributed by atoms with Gasteiger partial charge in [-0.1, -0.05) is 29.3 Å². The maximum Gasteiger partial charge on any atom is 0.387 e. The van der Waals surface area contributed by atoms with E-state index in [2.05, 4.69) is 10.1 Å². The van der Waals surface area contributed by atoms with Gasteiger partial charge in [0, 0.05) is 16.1 Å². The van der Waals surface area contributed by atoms with Gasteiger partial charge in [0.15, 0.2) is 11.5 Å². The maximum atomic E-state index is 12.6. The predicted octanol–water partition coefficient (Wildman–Crippen LogP) is 5.00. The molecule has 0 saturated carbocycles. The number of carbonyl (C=O) groups excluding carboxylic acids is 1. The van der Waals surface area contributed by atoms with Crippen LogP contribution in [0.25, 0.3) is 0 Å². The summed E-state index contributed by atoms with van der Waals surface area (Å²) in [6, 6.07) is 5.71. The quantitative estimate of drug-likeness (QED) is 0.488. The van der Waals surface area contributed by atoms with Gasteiger partial charge in [0.2, 0.25) is 0 Å². The zero-order chi connectivity index (χ0) is 21.0. The van der Waals surface area contributed by atoms with Crippen LogP contribution in [-0.4, -0.2) is 24.6 Å². The van der Waals surface area contributed by atoms with Crippen molar-refractivity contribution in [3.8, 4) is 11.5 Å².